The van der Waals surface area contributed by atoms with Crippen LogP contribution in [0.1, 0.15) is 18.4 Å². The van der Waals surface area contributed by atoms with Crippen LogP contribution in [0.2, 0.25) is 0 Å². The number of carbonyl (C=O) groups excluding carboxylic acids is 1. The van der Waals surface area contributed by atoms with Gasteiger partial charge in [-0.15, -0.1) is 0 Å². The summed E-state index contributed by atoms with van der Waals surface area (Å²) in [5.74, 6) is 0.0781. The summed E-state index contributed by atoms with van der Waals surface area (Å²) >= 11 is 0. The van der Waals surface area contributed by atoms with Crippen molar-refractivity contribution in [1.29, 1.82) is 0 Å². The summed E-state index contributed by atoms with van der Waals surface area (Å²) in [5.41, 5.74) is 1.78. The number of sulfonamides is 1. The van der Waals surface area contributed by atoms with E-state index in [0.717, 1.165) is 17.7 Å². The molecule has 0 atom stereocenters. The first-order chi connectivity index (χ1) is 12.6. The Bertz CT molecular complexity index is 836. The number of hydrogen-bond acceptors (Lipinski definition) is 4. The van der Waals surface area contributed by atoms with Crippen LogP contribution in [-0.4, -0.2) is 34.0 Å². The number of anilines is 1. The topological polar surface area (TPSA) is 75.7 Å². The van der Waals surface area contributed by atoms with Crippen molar-refractivity contribution in [3.63, 3.8) is 0 Å². The summed E-state index contributed by atoms with van der Waals surface area (Å²) in [6, 6.07) is 16.1. The third kappa shape index (κ3) is 4.69. The lowest BCUT2D eigenvalue weighted by Crippen LogP contribution is -2.27. The minimum absolute atomic E-state index is 0.0781. The number of ether oxygens (including phenoxy) is 1. The fourth-order valence-electron chi connectivity index (χ4n) is 2.82. The second kappa shape index (κ2) is 8.44. The van der Waals surface area contributed by atoms with Crippen molar-refractivity contribution in [2.45, 2.75) is 24.3 Å². The summed E-state index contributed by atoms with van der Waals surface area (Å²) in [6.07, 6.45) is 1.38. The maximum atomic E-state index is 12.3. The Labute approximate surface area is 153 Å². The molecule has 0 radical (unpaired) electrons. The fraction of sp³-hybridized carbons (Fsp3) is 0.316. The highest BCUT2D eigenvalue weighted by Crippen LogP contribution is 2.22. The molecule has 6 nitrogen and oxygen atoms in total. The third-order valence-corrected chi connectivity index (χ3v) is 5.66. The van der Waals surface area contributed by atoms with E-state index in [9.17, 15) is 13.2 Å². The molecule has 0 bridgehead atoms. The standard InChI is InChI=1S/C19H22N2O4S/c22-19-7-4-13-21(19)17-8-10-18(11-9-17)26(23,24)20-12-14-25-15-16-5-2-1-3-6-16/h1-3,5-6,8-11,20H,4,7,12-15H2. The second-order valence-corrected chi connectivity index (χ2v) is 7.85. The SMILES string of the molecule is O=C1CCCN1c1ccc(S(=O)(=O)NCCOCc2ccccc2)cc1. The third-order valence-electron chi connectivity index (χ3n) is 4.18. The van der Waals surface area contributed by atoms with E-state index >= 15 is 0 Å². The van der Waals surface area contributed by atoms with Crippen LogP contribution < -0.4 is 9.62 Å². The van der Waals surface area contributed by atoms with Crippen LogP contribution in [0.15, 0.2) is 59.5 Å². The number of carbonyl (C=O) groups is 1. The van der Waals surface area contributed by atoms with Crippen LogP contribution >= 0.6 is 0 Å². The molecule has 138 valence electrons. The fourth-order valence-corrected chi connectivity index (χ4v) is 3.84. The lowest BCUT2D eigenvalue weighted by Gasteiger charge is -2.16. The average Bonchev–Trinajstić information content (AvgIpc) is 3.08. The van der Waals surface area contributed by atoms with Crippen molar-refractivity contribution < 1.29 is 17.9 Å². The van der Waals surface area contributed by atoms with E-state index in [0.29, 0.717) is 19.6 Å². The Morgan fingerprint density at radius 2 is 1.77 bits per heavy atom. The highest BCUT2D eigenvalue weighted by molar-refractivity contribution is 7.89. The van der Waals surface area contributed by atoms with Crippen molar-refractivity contribution >= 4 is 21.6 Å². The van der Waals surface area contributed by atoms with Gasteiger partial charge in [-0.3, -0.25) is 4.79 Å². The predicted molar refractivity (Wildman–Crippen MR) is 99.3 cm³/mol. The zero-order chi connectivity index (χ0) is 18.4. The highest BCUT2D eigenvalue weighted by atomic mass is 32.2. The van der Waals surface area contributed by atoms with Crippen molar-refractivity contribution in [1.82, 2.24) is 4.72 Å². The van der Waals surface area contributed by atoms with E-state index in [1.807, 2.05) is 30.3 Å². The molecule has 7 heteroatoms. The van der Waals surface area contributed by atoms with E-state index in [1.165, 1.54) is 12.1 Å². The average molecular weight is 374 g/mol. The molecular formula is C19H22N2O4S. The second-order valence-electron chi connectivity index (χ2n) is 6.08. The Hall–Kier alpha value is -2.22. The van der Waals surface area contributed by atoms with Gasteiger partial charge in [0.15, 0.2) is 0 Å². The molecule has 3 rings (SSSR count). The quantitative estimate of drug-likeness (QED) is 0.720. The molecule has 0 aromatic heterocycles. The summed E-state index contributed by atoms with van der Waals surface area (Å²) in [6.45, 7) is 1.61. The van der Waals surface area contributed by atoms with Crippen molar-refractivity contribution in [3.05, 3.63) is 60.2 Å². The van der Waals surface area contributed by atoms with Gasteiger partial charge in [0.1, 0.15) is 0 Å². The molecule has 0 saturated carbocycles. The van der Waals surface area contributed by atoms with Crippen LogP contribution in [0.5, 0.6) is 0 Å². The van der Waals surface area contributed by atoms with Crippen LogP contribution in [0.4, 0.5) is 5.69 Å². The number of nitrogens with one attached hydrogen (secondary N) is 1. The summed E-state index contributed by atoms with van der Waals surface area (Å²) in [7, 11) is -3.59. The van der Waals surface area contributed by atoms with Crippen molar-refractivity contribution in [2.24, 2.45) is 0 Å². The van der Waals surface area contributed by atoms with E-state index < -0.39 is 10.0 Å². The molecule has 1 saturated heterocycles. The van der Waals surface area contributed by atoms with Crippen LogP contribution in [0.3, 0.4) is 0 Å². The van der Waals surface area contributed by atoms with E-state index in [1.54, 1.807) is 17.0 Å². The van der Waals surface area contributed by atoms with Gasteiger partial charge >= 0.3 is 0 Å². The minimum atomic E-state index is -3.59. The zero-order valence-electron chi connectivity index (χ0n) is 14.4. The maximum Gasteiger partial charge on any atom is 0.240 e. The normalized spacial score (nSPS) is 14.8. The number of amides is 1. The Morgan fingerprint density at radius 3 is 2.42 bits per heavy atom. The first kappa shape index (κ1) is 18.6. The molecule has 2 aromatic rings. The smallest absolute Gasteiger partial charge is 0.240 e. The molecule has 0 spiro atoms. The molecule has 2 aromatic carbocycles. The number of hydrogen-bond donors (Lipinski definition) is 1. The van der Waals surface area contributed by atoms with Crippen LogP contribution in [0.25, 0.3) is 0 Å². The molecule has 0 unspecified atom stereocenters. The monoisotopic (exact) mass is 374 g/mol. The van der Waals surface area contributed by atoms with E-state index in [-0.39, 0.29) is 24.0 Å². The predicted octanol–water partition coefficient (Wildman–Crippen LogP) is 2.31. The molecule has 26 heavy (non-hydrogen) atoms. The molecule has 1 fully saturated rings. The first-order valence-electron chi connectivity index (χ1n) is 8.58. The largest absolute Gasteiger partial charge is 0.375 e. The van der Waals surface area contributed by atoms with Crippen LogP contribution in [0, 0.1) is 0 Å². The highest BCUT2D eigenvalue weighted by Gasteiger charge is 2.22. The molecule has 1 heterocycles. The number of benzene rings is 2. The van der Waals surface area contributed by atoms with Gasteiger partial charge in [0.25, 0.3) is 0 Å². The summed E-state index contributed by atoms with van der Waals surface area (Å²) in [5, 5.41) is 0. The molecule has 1 aliphatic rings. The van der Waals surface area contributed by atoms with Crippen molar-refractivity contribution in [3.8, 4) is 0 Å². The molecule has 1 amide bonds. The van der Waals surface area contributed by atoms with E-state index in [2.05, 4.69) is 4.72 Å². The lowest BCUT2D eigenvalue weighted by molar-refractivity contribution is -0.117. The van der Waals surface area contributed by atoms with Gasteiger partial charge in [-0.2, -0.15) is 0 Å². The Morgan fingerprint density at radius 1 is 1.04 bits per heavy atom. The number of rotatable bonds is 8. The van der Waals surface area contributed by atoms with Gasteiger partial charge in [-0.1, -0.05) is 30.3 Å². The lowest BCUT2D eigenvalue weighted by atomic mass is 10.2. The summed E-state index contributed by atoms with van der Waals surface area (Å²) in [4.78, 5) is 13.6. The molecule has 1 N–H and O–H groups in total. The van der Waals surface area contributed by atoms with Gasteiger partial charge in [0.2, 0.25) is 15.9 Å². The van der Waals surface area contributed by atoms with Gasteiger partial charge in [-0.25, -0.2) is 13.1 Å². The zero-order valence-corrected chi connectivity index (χ0v) is 15.2. The minimum Gasteiger partial charge on any atom is -0.375 e. The van der Waals surface area contributed by atoms with Crippen LogP contribution in [-0.2, 0) is 26.2 Å². The molecule has 1 aliphatic heterocycles. The summed E-state index contributed by atoms with van der Waals surface area (Å²) < 4.78 is 32.6. The van der Waals surface area contributed by atoms with Gasteiger partial charge in [0, 0.05) is 25.2 Å². The van der Waals surface area contributed by atoms with E-state index in [4.69, 9.17) is 4.74 Å². The van der Waals surface area contributed by atoms with Gasteiger partial charge in [0.05, 0.1) is 18.1 Å². The first-order valence-corrected chi connectivity index (χ1v) is 10.1. The molecular weight excluding hydrogens is 352 g/mol. The van der Waals surface area contributed by atoms with Gasteiger partial charge < -0.3 is 9.64 Å². The van der Waals surface area contributed by atoms with Gasteiger partial charge in [-0.05, 0) is 36.2 Å². The molecule has 0 aliphatic carbocycles. The number of nitrogens with zero attached hydrogens (tertiary/aromatic N) is 1. The Kier molecular flexibility index (Phi) is 6.03. The maximum absolute atomic E-state index is 12.3. The Balaban J connectivity index is 1.49. The van der Waals surface area contributed by atoms with Crippen molar-refractivity contribution in [2.75, 3.05) is 24.6 Å².